The number of rotatable bonds is 11. The number of anilines is 9. The number of fused-ring (bicyclic) bond motifs is 2. The first-order valence-corrected chi connectivity index (χ1v) is 22.3. The average molecular weight is 848 g/mol. The minimum atomic E-state index is 0.184. The Balaban J connectivity index is 1.18. The van der Waals surface area contributed by atoms with Crippen LogP contribution in [-0.4, -0.2) is 5.11 Å². The Morgan fingerprint density at radius 3 is 0.894 bits per heavy atom. The van der Waals surface area contributed by atoms with E-state index >= 15 is 0 Å². The second kappa shape index (κ2) is 17.7. The maximum absolute atomic E-state index is 11.2. The molecule has 0 atom stereocenters. The Hall–Kier alpha value is -8.86. The van der Waals surface area contributed by atoms with E-state index in [-0.39, 0.29) is 5.75 Å². The second-order valence-electron chi connectivity index (χ2n) is 16.3. The molecule has 1 N–H and O–H groups in total. The molecule has 11 aromatic rings. The summed E-state index contributed by atoms with van der Waals surface area (Å²) >= 11 is 0. The second-order valence-corrected chi connectivity index (χ2v) is 16.3. The molecule has 11 aromatic carbocycles. The van der Waals surface area contributed by atoms with Crippen LogP contribution in [0.4, 0.5) is 51.2 Å². The van der Waals surface area contributed by atoms with Crippen molar-refractivity contribution < 1.29 is 5.11 Å². The molecule has 0 bridgehead atoms. The molecule has 0 spiro atoms. The quantitative estimate of drug-likeness (QED) is 0.131. The van der Waals surface area contributed by atoms with E-state index in [9.17, 15) is 5.11 Å². The topological polar surface area (TPSA) is 30.0 Å². The minimum absolute atomic E-state index is 0.184. The third-order valence-corrected chi connectivity index (χ3v) is 12.2. The largest absolute Gasteiger partial charge is 0.508 e. The summed E-state index contributed by atoms with van der Waals surface area (Å²) in [5, 5.41) is 16.0. The van der Waals surface area contributed by atoms with Crippen LogP contribution in [0.15, 0.2) is 267 Å². The van der Waals surface area contributed by atoms with E-state index in [0.29, 0.717) is 0 Å². The molecule has 0 aliphatic rings. The highest BCUT2D eigenvalue weighted by Gasteiger charge is 2.24. The third kappa shape index (κ3) is 7.67. The van der Waals surface area contributed by atoms with E-state index < -0.39 is 0 Å². The molecule has 0 aromatic heterocycles. The number of aromatic hydroxyl groups is 1. The van der Waals surface area contributed by atoms with Crippen molar-refractivity contribution in [1.82, 2.24) is 0 Å². The first kappa shape index (κ1) is 40.0. The Morgan fingerprint density at radius 1 is 0.212 bits per heavy atom. The van der Waals surface area contributed by atoms with Crippen molar-refractivity contribution >= 4 is 72.7 Å². The van der Waals surface area contributed by atoms with Crippen LogP contribution in [0, 0.1) is 0 Å². The molecule has 0 heterocycles. The summed E-state index contributed by atoms with van der Waals surface area (Å²) in [6.07, 6.45) is 0. The first-order chi connectivity index (χ1) is 32.7. The fourth-order valence-electron chi connectivity index (χ4n) is 9.40. The molecule has 0 unspecified atom stereocenters. The van der Waals surface area contributed by atoms with Gasteiger partial charge in [-0.25, -0.2) is 0 Å². The van der Waals surface area contributed by atoms with Crippen LogP contribution >= 0.6 is 0 Å². The number of phenols is 1. The summed E-state index contributed by atoms with van der Waals surface area (Å²) in [6, 6.07) is 93.6. The van der Waals surface area contributed by atoms with E-state index in [0.717, 1.165) is 56.7 Å². The molecule has 0 aliphatic heterocycles. The van der Waals surface area contributed by atoms with E-state index in [4.69, 9.17) is 0 Å². The van der Waals surface area contributed by atoms with E-state index in [1.54, 1.807) is 6.07 Å². The SMILES string of the molecule is Oc1cccc(N(c2cccc(-c3c4ccccc4c(-c4ccccc4)c4ccccc34)c2)c2cc(N(c3ccccc3)c3ccccc3)cc(N(c3ccccc3)c3ccccc3)c2)c1. The fraction of sp³-hybridized carbons (Fsp3) is 0. The average Bonchev–Trinajstić information content (AvgIpc) is 3.37. The van der Waals surface area contributed by atoms with Crippen LogP contribution in [0.3, 0.4) is 0 Å². The van der Waals surface area contributed by atoms with Crippen molar-refractivity contribution in [3.05, 3.63) is 267 Å². The number of phenolic OH excluding ortho intramolecular Hbond substituents is 1. The Kier molecular flexibility index (Phi) is 10.7. The Bertz CT molecular complexity index is 3200. The molecule has 4 nitrogen and oxygen atoms in total. The van der Waals surface area contributed by atoms with Gasteiger partial charge >= 0.3 is 0 Å². The van der Waals surface area contributed by atoms with E-state index in [1.807, 2.05) is 12.1 Å². The smallest absolute Gasteiger partial charge is 0.117 e. The van der Waals surface area contributed by atoms with Gasteiger partial charge in [0.25, 0.3) is 0 Å². The van der Waals surface area contributed by atoms with Crippen LogP contribution in [-0.2, 0) is 0 Å². The zero-order chi connectivity index (χ0) is 44.2. The van der Waals surface area contributed by atoms with Gasteiger partial charge in [0.05, 0.1) is 17.1 Å². The van der Waals surface area contributed by atoms with Crippen molar-refractivity contribution in [2.24, 2.45) is 0 Å². The minimum Gasteiger partial charge on any atom is -0.508 e. The highest BCUT2D eigenvalue weighted by molar-refractivity contribution is 6.21. The Morgan fingerprint density at radius 2 is 0.500 bits per heavy atom. The first-order valence-electron chi connectivity index (χ1n) is 22.3. The molecule has 11 rings (SSSR count). The van der Waals surface area contributed by atoms with E-state index in [1.165, 1.54) is 38.2 Å². The molecule has 314 valence electrons. The predicted molar refractivity (Wildman–Crippen MR) is 278 cm³/mol. The van der Waals surface area contributed by atoms with Crippen molar-refractivity contribution in [1.29, 1.82) is 0 Å². The van der Waals surface area contributed by atoms with Crippen molar-refractivity contribution in [2.45, 2.75) is 0 Å². The van der Waals surface area contributed by atoms with Gasteiger partial charge in [-0.3, -0.25) is 0 Å². The van der Waals surface area contributed by atoms with Crippen LogP contribution in [0.5, 0.6) is 5.75 Å². The van der Waals surface area contributed by atoms with Gasteiger partial charge in [0.1, 0.15) is 5.75 Å². The molecular formula is C62H45N3O. The van der Waals surface area contributed by atoms with Crippen molar-refractivity contribution in [2.75, 3.05) is 14.7 Å². The summed E-state index contributed by atoms with van der Waals surface area (Å²) < 4.78 is 0. The predicted octanol–water partition coefficient (Wildman–Crippen LogP) is 17.4. The van der Waals surface area contributed by atoms with Gasteiger partial charge in [0.15, 0.2) is 0 Å². The van der Waals surface area contributed by atoms with Crippen LogP contribution in [0.2, 0.25) is 0 Å². The maximum Gasteiger partial charge on any atom is 0.117 e. The Labute approximate surface area is 385 Å². The van der Waals surface area contributed by atoms with Crippen LogP contribution < -0.4 is 14.7 Å². The third-order valence-electron chi connectivity index (χ3n) is 12.2. The summed E-state index contributed by atoms with van der Waals surface area (Å²) in [5.41, 5.74) is 13.4. The van der Waals surface area contributed by atoms with Crippen molar-refractivity contribution in [3.8, 4) is 28.0 Å². The monoisotopic (exact) mass is 847 g/mol. The summed E-state index contributed by atoms with van der Waals surface area (Å²) in [4.78, 5) is 6.89. The summed E-state index contributed by atoms with van der Waals surface area (Å²) in [5.74, 6) is 0.184. The van der Waals surface area contributed by atoms with Crippen molar-refractivity contribution in [3.63, 3.8) is 0 Å². The molecular weight excluding hydrogens is 803 g/mol. The van der Waals surface area contributed by atoms with Gasteiger partial charge in [-0.2, -0.15) is 0 Å². The lowest BCUT2D eigenvalue weighted by Gasteiger charge is -2.33. The lowest BCUT2D eigenvalue weighted by molar-refractivity contribution is 0.475. The molecule has 0 fully saturated rings. The van der Waals surface area contributed by atoms with Gasteiger partial charge < -0.3 is 19.8 Å². The number of benzene rings is 11. The number of hydrogen-bond acceptors (Lipinski definition) is 4. The number of para-hydroxylation sites is 4. The van der Waals surface area contributed by atoms with Crippen LogP contribution in [0.25, 0.3) is 43.8 Å². The zero-order valence-electron chi connectivity index (χ0n) is 36.2. The molecule has 0 saturated heterocycles. The maximum atomic E-state index is 11.2. The molecule has 0 aliphatic carbocycles. The normalized spacial score (nSPS) is 11.1. The fourth-order valence-corrected chi connectivity index (χ4v) is 9.40. The standard InChI is InChI=1S/C62H45N3O/c66-56-35-21-34-52(44-56)65(51-33-20-24-46(40-51)62-59-38-18-16-36-57(59)61(45-22-6-1-7-23-45)58-37-17-19-39-60(58)62)55-42-53(63(47-25-8-2-9-26-47)48-27-10-3-11-28-48)41-54(43-55)64(49-29-12-4-13-30-49)50-31-14-5-15-32-50/h1-44,66H. The van der Waals surface area contributed by atoms with Crippen LogP contribution in [0.1, 0.15) is 0 Å². The van der Waals surface area contributed by atoms with Gasteiger partial charge in [-0.15, -0.1) is 0 Å². The van der Waals surface area contributed by atoms with Gasteiger partial charge in [0, 0.05) is 40.2 Å². The molecule has 66 heavy (non-hydrogen) atoms. The lowest BCUT2D eigenvalue weighted by Crippen LogP contribution is -2.16. The molecule has 4 heteroatoms. The highest BCUT2D eigenvalue weighted by Crippen LogP contribution is 2.48. The summed E-state index contributed by atoms with van der Waals surface area (Å²) in [6.45, 7) is 0. The van der Waals surface area contributed by atoms with Gasteiger partial charge in [-0.1, -0.05) is 170 Å². The molecule has 0 radical (unpaired) electrons. The zero-order valence-corrected chi connectivity index (χ0v) is 36.2. The number of hydrogen-bond donors (Lipinski definition) is 1. The molecule has 0 saturated carbocycles. The van der Waals surface area contributed by atoms with E-state index in [2.05, 4.69) is 263 Å². The van der Waals surface area contributed by atoms with Gasteiger partial charge in [-0.05, 0) is 135 Å². The molecule has 0 amide bonds. The highest BCUT2D eigenvalue weighted by atomic mass is 16.3. The lowest BCUT2D eigenvalue weighted by atomic mass is 9.86. The number of nitrogens with zero attached hydrogens (tertiary/aromatic N) is 3. The van der Waals surface area contributed by atoms with Gasteiger partial charge in [0.2, 0.25) is 0 Å². The summed E-state index contributed by atoms with van der Waals surface area (Å²) in [7, 11) is 0.